The molecule has 90 valence electrons. The van der Waals surface area contributed by atoms with Crippen LogP contribution in [0.1, 0.15) is 31.6 Å². The van der Waals surface area contributed by atoms with Gasteiger partial charge in [0.2, 0.25) is 0 Å². The van der Waals surface area contributed by atoms with Gasteiger partial charge in [0.05, 0.1) is 17.9 Å². The van der Waals surface area contributed by atoms with Gasteiger partial charge in [-0.3, -0.25) is 0 Å². The molecule has 2 heterocycles. The molecule has 2 rings (SSSR count). The summed E-state index contributed by atoms with van der Waals surface area (Å²) in [6, 6.07) is 3.98. The zero-order valence-corrected chi connectivity index (χ0v) is 9.70. The molecule has 1 aromatic heterocycles. The molecule has 1 aliphatic rings. The summed E-state index contributed by atoms with van der Waals surface area (Å²) in [5.74, 6) is 0.914. The summed E-state index contributed by atoms with van der Waals surface area (Å²) in [4.78, 5) is 0. The van der Waals surface area contributed by atoms with Crippen molar-refractivity contribution in [2.24, 2.45) is 0 Å². The molecule has 16 heavy (non-hydrogen) atoms. The molecule has 1 fully saturated rings. The van der Waals surface area contributed by atoms with E-state index < -0.39 is 5.60 Å². The fraction of sp³-hybridized carbons (Fsp3) is 0.667. The monoisotopic (exact) mass is 224 g/mol. The van der Waals surface area contributed by atoms with Crippen molar-refractivity contribution in [1.82, 2.24) is 10.6 Å². The maximum absolute atomic E-state index is 10.3. The second-order valence-electron chi connectivity index (χ2n) is 4.59. The van der Waals surface area contributed by atoms with E-state index in [0.717, 1.165) is 31.7 Å². The van der Waals surface area contributed by atoms with Gasteiger partial charge in [-0.15, -0.1) is 0 Å². The minimum atomic E-state index is -0.563. The molecule has 0 aliphatic carbocycles. The Balaban J connectivity index is 1.82. The summed E-state index contributed by atoms with van der Waals surface area (Å²) < 4.78 is 5.31. The van der Waals surface area contributed by atoms with Crippen molar-refractivity contribution >= 4 is 0 Å². The van der Waals surface area contributed by atoms with Gasteiger partial charge in [0.25, 0.3) is 0 Å². The highest BCUT2D eigenvalue weighted by Crippen LogP contribution is 2.19. The van der Waals surface area contributed by atoms with Crippen LogP contribution in [0, 0.1) is 0 Å². The third-order valence-corrected chi connectivity index (χ3v) is 3.24. The van der Waals surface area contributed by atoms with Gasteiger partial charge >= 0.3 is 0 Å². The van der Waals surface area contributed by atoms with Gasteiger partial charge in [-0.2, -0.15) is 0 Å². The Kier molecular flexibility index (Phi) is 3.63. The van der Waals surface area contributed by atoms with Crippen molar-refractivity contribution in [3.8, 4) is 0 Å². The number of hydrogen-bond donors (Lipinski definition) is 3. The first-order valence-corrected chi connectivity index (χ1v) is 5.89. The maximum Gasteiger partial charge on any atom is 0.120 e. The number of piperidine rings is 1. The minimum absolute atomic E-state index is 0.147. The summed E-state index contributed by atoms with van der Waals surface area (Å²) in [5, 5.41) is 16.9. The maximum atomic E-state index is 10.3. The SMILES string of the molecule is CC(NCC1(O)CCNCC1)c1ccco1. The summed E-state index contributed by atoms with van der Waals surface area (Å²) in [5.41, 5.74) is -0.563. The highest BCUT2D eigenvalue weighted by atomic mass is 16.3. The predicted octanol–water partition coefficient (Wildman–Crippen LogP) is 1.04. The van der Waals surface area contributed by atoms with Gasteiger partial charge in [-0.05, 0) is 45.0 Å². The lowest BCUT2D eigenvalue weighted by molar-refractivity contribution is 0.00872. The second-order valence-corrected chi connectivity index (χ2v) is 4.59. The lowest BCUT2D eigenvalue weighted by Gasteiger charge is -2.33. The minimum Gasteiger partial charge on any atom is -0.468 e. The molecule has 0 amide bonds. The van der Waals surface area contributed by atoms with Gasteiger partial charge in [0.15, 0.2) is 0 Å². The largest absolute Gasteiger partial charge is 0.468 e. The van der Waals surface area contributed by atoms with Crippen molar-refractivity contribution in [1.29, 1.82) is 0 Å². The van der Waals surface area contributed by atoms with Gasteiger partial charge in [-0.25, -0.2) is 0 Å². The normalized spacial score (nSPS) is 21.9. The standard InChI is InChI=1S/C12H20N2O2/c1-10(11-3-2-8-16-11)14-9-12(15)4-6-13-7-5-12/h2-3,8,10,13-15H,4-7,9H2,1H3. The summed E-state index contributed by atoms with van der Waals surface area (Å²) in [6.45, 7) is 4.46. The first-order chi connectivity index (χ1) is 7.70. The molecule has 0 saturated carbocycles. The molecule has 1 atom stereocenters. The molecular formula is C12H20N2O2. The van der Waals surface area contributed by atoms with Crippen LogP contribution in [0.15, 0.2) is 22.8 Å². The molecule has 0 aromatic carbocycles. The molecule has 0 bridgehead atoms. The molecule has 0 spiro atoms. The number of aliphatic hydroxyl groups is 1. The van der Waals surface area contributed by atoms with E-state index in [4.69, 9.17) is 4.42 Å². The number of rotatable bonds is 4. The van der Waals surface area contributed by atoms with Crippen molar-refractivity contribution in [3.05, 3.63) is 24.2 Å². The van der Waals surface area contributed by atoms with Crippen LogP contribution in [0.25, 0.3) is 0 Å². The zero-order valence-electron chi connectivity index (χ0n) is 9.70. The van der Waals surface area contributed by atoms with E-state index in [9.17, 15) is 5.11 Å². The van der Waals surface area contributed by atoms with Crippen molar-refractivity contribution in [2.75, 3.05) is 19.6 Å². The average molecular weight is 224 g/mol. The third kappa shape index (κ3) is 2.84. The Morgan fingerprint density at radius 2 is 2.31 bits per heavy atom. The topological polar surface area (TPSA) is 57.4 Å². The Labute approximate surface area is 96.0 Å². The van der Waals surface area contributed by atoms with Crippen LogP contribution in [0.3, 0.4) is 0 Å². The molecular weight excluding hydrogens is 204 g/mol. The van der Waals surface area contributed by atoms with Gasteiger partial charge in [0.1, 0.15) is 5.76 Å². The van der Waals surface area contributed by atoms with Crippen LogP contribution >= 0.6 is 0 Å². The summed E-state index contributed by atoms with van der Waals surface area (Å²) >= 11 is 0. The molecule has 1 unspecified atom stereocenters. The third-order valence-electron chi connectivity index (χ3n) is 3.24. The smallest absolute Gasteiger partial charge is 0.120 e. The quantitative estimate of drug-likeness (QED) is 0.715. The van der Waals surface area contributed by atoms with Crippen LogP contribution in [-0.4, -0.2) is 30.3 Å². The molecule has 0 radical (unpaired) electrons. The van der Waals surface area contributed by atoms with Crippen molar-refractivity contribution < 1.29 is 9.52 Å². The highest BCUT2D eigenvalue weighted by molar-refractivity contribution is 5.03. The van der Waals surface area contributed by atoms with Crippen LogP contribution in [0.4, 0.5) is 0 Å². The summed E-state index contributed by atoms with van der Waals surface area (Å²) in [7, 11) is 0. The zero-order chi connectivity index (χ0) is 11.4. The summed E-state index contributed by atoms with van der Waals surface area (Å²) in [6.07, 6.45) is 3.29. The van der Waals surface area contributed by atoms with E-state index in [2.05, 4.69) is 10.6 Å². The van der Waals surface area contributed by atoms with Gasteiger partial charge < -0.3 is 20.2 Å². The average Bonchev–Trinajstić information content (AvgIpc) is 2.80. The Hall–Kier alpha value is -0.840. The molecule has 1 saturated heterocycles. The number of hydrogen-bond acceptors (Lipinski definition) is 4. The Morgan fingerprint density at radius 3 is 2.94 bits per heavy atom. The molecule has 1 aromatic rings. The molecule has 4 heteroatoms. The lowest BCUT2D eigenvalue weighted by atomic mass is 9.92. The van der Waals surface area contributed by atoms with Crippen LogP contribution in [-0.2, 0) is 0 Å². The van der Waals surface area contributed by atoms with E-state index in [0.29, 0.717) is 6.54 Å². The second kappa shape index (κ2) is 4.99. The lowest BCUT2D eigenvalue weighted by Crippen LogP contribution is -2.48. The molecule has 3 N–H and O–H groups in total. The Bertz CT molecular complexity index is 305. The van der Waals surface area contributed by atoms with Crippen LogP contribution < -0.4 is 10.6 Å². The fourth-order valence-electron chi connectivity index (χ4n) is 2.05. The Morgan fingerprint density at radius 1 is 1.56 bits per heavy atom. The van der Waals surface area contributed by atoms with E-state index >= 15 is 0 Å². The van der Waals surface area contributed by atoms with Crippen LogP contribution in [0.5, 0.6) is 0 Å². The highest BCUT2D eigenvalue weighted by Gasteiger charge is 2.29. The van der Waals surface area contributed by atoms with Gasteiger partial charge in [0, 0.05) is 6.54 Å². The van der Waals surface area contributed by atoms with E-state index in [1.807, 2.05) is 19.1 Å². The predicted molar refractivity (Wildman–Crippen MR) is 62.2 cm³/mol. The van der Waals surface area contributed by atoms with Gasteiger partial charge in [-0.1, -0.05) is 0 Å². The van der Waals surface area contributed by atoms with E-state index in [1.165, 1.54) is 0 Å². The van der Waals surface area contributed by atoms with Crippen molar-refractivity contribution in [3.63, 3.8) is 0 Å². The first-order valence-electron chi connectivity index (χ1n) is 5.89. The fourth-order valence-corrected chi connectivity index (χ4v) is 2.05. The van der Waals surface area contributed by atoms with Crippen molar-refractivity contribution in [2.45, 2.75) is 31.4 Å². The first kappa shape index (κ1) is 11.6. The molecule has 1 aliphatic heterocycles. The number of nitrogens with one attached hydrogen (secondary N) is 2. The number of furan rings is 1. The molecule has 4 nitrogen and oxygen atoms in total. The van der Waals surface area contributed by atoms with Crippen LogP contribution in [0.2, 0.25) is 0 Å². The van der Waals surface area contributed by atoms with E-state index in [-0.39, 0.29) is 6.04 Å². The van der Waals surface area contributed by atoms with E-state index in [1.54, 1.807) is 6.26 Å².